The van der Waals surface area contributed by atoms with Crippen molar-refractivity contribution in [2.45, 2.75) is 0 Å². The highest BCUT2D eigenvalue weighted by atomic mass is 16.5. The maximum atomic E-state index is 6.60. The predicted octanol–water partition coefficient (Wildman–Crippen LogP) is 6.05. The minimum Gasteiger partial charge on any atom is -0.444 e. The molecule has 1 spiro atoms. The first-order chi connectivity index (χ1) is 17.8. The number of quaternary nitrogens is 1. The number of hydrogen-bond acceptors (Lipinski definition) is 1. The van der Waals surface area contributed by atoms with Crippen molar-refractivity contribution in [1.82, 2.24) is 9.27 Å². The SMILES string of the molecule is Cn1c2[n+](c3ccccc31)[N+]13c4c(cccc4-c4cc(-c5ccccc5)cc[n+]41)Oc1cccc-2c13. The Morgan fingerprint density at radius 1 is 0.694 bits per heavy atom. The van der Waals surface area contributed by atoms with E-state index in [-0.39, 0.29) is 0 Å². The van der Waals surface area contributed by atoms with Crippen molar-refractivity contribution in [3.05, 3.63) is 109 Å². The Morgan fingerprint density at radius 3 is 2.25 bits per heavy atom. The van der Waals surface area contributed by atoms with Crippen LogP contribution in [0.1, 0.15) is 0 Å². The third-order valence-corrected chi connectivity index (χ3v) is 7.99. The number of imidazole rings is 1. The predicted molar refractivity (Wildman–Crippen MR) is 138 cm³/mol. The second-order valence-electron chi connectivity index (χ2n) is 9.70. The quantitative estimate of drug-likeness (QED) is 0.214. The van der Waals surface area contributed by atoms with Gasteiger partial charge in [0.1, 0.15) is 15.8 Å². The van der Waals surface area contributed by atoms with Gasteiger partial charge in [-0.1, -0.05) is 54.6 Å². The van der Waals surface area contributed by atoms with Crippen LogP contribution < -0.4 is 18.8 Å². The van der Waals surface area contributed by atoms with Gasteiger partial charge < -0.3 is 4.74 Å². The van der Waals surface area contributed by atoms with E-state index in [0.717, 1.165) is 22.9 Å². The van der Waals surface area contributed by atoms with Crippen molar-refractivity contribution in [2.24, 2.45) is 7.05 Å². The van der Waals surface area contributed by atoms with E-state index >= 15 is 0 Å². The van der Waals surface area contributed by atoms with Crippen LogP contribution in [0.25, 0.3) is 44.8 Å². The average Bonchev–Trinajstić information content (AvgIpc) is 3.52. The normalized spacial score (nSPS) is 17.4. The number of nitrogens with zero attached hydrogens (tertiary/aromatic N) is 4. The van der Waals surface area contributed by atoms with E-state index in [4.69, 9.17) is 4.74 Å². The van der Waals surface area contributed by atoms with Crippen LogP contribution >= 0.6 is 0 Å². The standard InChI is InChI=1S/C31H21N4O/c1-32-24-13-5-6-14-25(24)34-31(32)23-12-8-16-28-30(23)35(34)29-22(11-7-15-27(29)36-28)26-19-21(17-18-33(26)35)20-9-3-2-4-10-20/h2-19H,1H3/q+3. The van der Waals surface area contributed by atoms with Crippen LogP contribution in [0.3, 0.4) is 0 Å². The number of hydrogen-bond donors (Lipinski definition) is 0. The molecular weight excluding hydrogens is 444 g/mol. The minimum atomic E-state index is 0.429. The number of pyridine rings is 1. The van der Waals surface area contributed by atoms with Gasteiger partial charge in [-0.15, -0.1) is 0 Å². The summed E-state index contributed by atoms with van der Waals surface area (Å²) in [5.74, 6) is 2.97. The molecule has 36 heavy (non-hydrogen) atoms. The van der Waals surface area contributed by atoms with Gasteiger partial charge >= 0.3 is 5.82 Å². The summed E-state index contributed by atoms with van der Waals surface area (Å²) in [4.78, 5) is 0. The molecule has 0 amide bonds. The number of para-hydroxylation sites is 4. The number of aryl methyl sites for hydroxylation is 1. The van der Waals surface area contributed by atoms with Gasteiger partial charge in [-0.25, -0.2) is 4.57 Å². The fourth-order valence-corrected chi connectivity index (χ4v) is 6.62. The smallest absolute Gasteiger partial charge is 0.354 e. The van der Waals surface area contributed by atoms with Crippen molar-refractivity contribution in [1.29, 1.82) is 0 Å². The summed E-state index contributed by atoms with van der Waals surface area (Å²) in [6.07, 6.45) is 2.25. The molecular formula is C31H21N4O+3. The Balaban J connectivity index is 1.50. The molecule has 6 aromatic rings. The van der Waals surface area contributed by atoms with E-state index < -0.39 is 0 Å². The van der Waals surface area contributed by atoms with Crippen LogP contribution in [0, 0.1) is 0 Å². The lowest BCUT2D eigenvalue weighted by molar-refractivity contribution is -1.01. The molecule has 5 heterocycles. The van der Waals surface area contributed by atoms with E-state index in [1.807, 2.05) is 0 Å². The van der Waals surface area contributed by atoms with E-state index in [0.29, 0.717) is 4.70 Å². The summed E-state index contributed by atoms with van der Waals surface area (Å²) in [5.41, 5.74) is 10.7. The summed E-state index contributed by atoms with van der Waals surface area (Å²) < 4.78 is 14.2. The molecule has 2 aromatic heterocycles. The van der Waals surface area contributed by atoms with E-state index in [1.54, 1.807) is 0 Å². The number of aromatic nitrogens is 3. The largest absolute Gasteiger partial charge is 0.444 e. The first-order valence-corrected chi connectivity index (χ1v) is 12.3. The van der Waals surface area contributed by atoms with Crippen molar-refractivity contribution in [3.63, 3.8) is 0 Å². The highest BCUT2D eigenvalue weighted by Crippen LogP contribution is 2.60. The first kappa shape index (κ1) is 18.6. The molecule has 5 nitrogen and oxygen atoms in total. The monoisotopic (exact) mass is 465 g/mol. The van der Waals surface area contributed by atoms with Crippen LogP contribution in [0.2, 0.25) is 0 Å². The second kappa shape index (κ2) is 6.08. The molecule has 0 saturated carbocycles. The van der Waals surface area contributed by atoms with Crippen LogP contribution in [0.5, 0.6) is 11.5 Å². The van der Waals surface area contributed by atoms with Gasteiger partial charge in [0.25, 0.3) is 17.1 Å². The van der Waals surface area contributed by atoms with Crippen molar-refractivity contribution in [2.75, 3.05) is 0 Å². The Hall–Kier alpha value is -4.74. The number of ether oxygens (including phenoxy) is 1. The van der Waals surface area contributed by atoms with Crippen LogP contribution in [0.15, 0.2) is 109 Å². The van der Waals surface area contributed by atoms with Crippen molar-refractivity contribution in [3.8, 4) is 45.3 Å². The molecule has 3 aliphatic heterocycles. The minimum absolute atomic E-state index is 0.429. The molecule has 0 radical (unpaired) electrons. The van der Waals surface area contributed by atoms with Crippen molar-refractivity contribution >= 4 is 22.4 Å². The molecule has 5 heteroatoms. The molecule has 168 valence electrons. The molecule has 0 N–H and O–H groups in total. The van der Waals surface area contributed by atoms with Crippen LogP contribution in [-0.4, -0.2) is 4.57 Å². The van der Waals surface area contributed by atoms with E-state index in [1.165, 1.54) is 44.8 Å². The lowest BCUT2D eigenvalue weighted by Gasteiger charge is -2.25. The Morgan fingerprint density at radius 2 is 1.42 bits per heavy atom. The topological polar surface area (TPSA) is 21.9 Å². The maximum Gasteiger partial charge on any atom is 0.354 e. The highest BCUT2D eigenvalue weighted by Gasteiger charge is 2.72. The summed E-state index contributed by atoms with van der Waals surface area (Å²) in [6, 6.07) is 36.7. The zero-order chi connectivity index (χ0) is 23.6. The summed E-state index contributed by atoms with van der Waals surface area (Å²) in [7, 11) is 2.16. The first-order valence-electron chi connectivity index (χ1n) is 12.3. The third kappa shape index (κ3) is 1.89. The van der Waals surface area contributed by atoms with E-state index in [9.17, 15) is 0 Å². The summed E-state index contributed by atoms with van der Waals surface area (Å²) in [6.45, 7) is 0. The van der Waals surface area contributed by atoms with Crippen LogP contribution in [0.4, 0.5) is 11.4 Å². The Kier molecular flexibility index (Phi) is 3.14. The molecule has 0 aliphatic carbocycles. The van der Waals surface area contributed by atoms with Gasteiger partial charge in [0.2, 0.25) is 11.7 Å². The molecule has 0 fully saturated rings. The number of fused-ring (bicyclic) bond motifs is 6. The summed E-state index contributed by atoms with van der Waals surface area (Å²) >= 11 is 0. The maximum absolute atomic E-state index is 6.60. The fraction of sp³-hybridized carbons (Fsp3) is 0.0323. The van der Waals surface area contributed by atoms with Gasteiger partial charge in [-0.05, 0) is 47.5 Å². The fourth-order valence-electron chi connectivity index (χ4n) is 6.62. The lowest BCUT2D eigenvalue weighted by Crippen LogP contribution is -2.81. The molecule has 1 atom stereocenters. The molecule has 1 unspecified atom stereocenters. The molecule has 0 bridgehead atoms. The lowest BCUT2D eigenvalue weighted by atomic mass is 10.0. The second-order valence-corrected chi connectivity index (χ2v) is 9.70. The van der Waals surface area contributed by atoms with Crippen molar-refractivity contribution < 1.29 is 14.1 Å². The molecule has 0 saturated heterocycles. The summed E-state index contributed by atoms with van der Waals surface area (Å²) in [5, 5.41) is 0. The molecule has 9 rings (SSSR count). The van der Waals surface area contributed by atoms with Crippen LogP contribution in [-0.2, 0) is 7.05 Å². The zero-order valence-corrected chi connectivity index (χ0v) is 19.6. The molecule has 4 aromatic carbocycles. The number of rotatable bonds is 1. The Bertz CT molecular complexity index is 1940. The zero-order valence-electron chi connectivity index (χ0n) is 19.6. The van der Waals surface area contributed by atoms with Gasteiger partial charge in [-0.3, -0.25) is 0 Å². The molecule has 3 aliphatic rings. The van der Waals surface area contributed by atoms with E-state index in [2.05, 4.69) is 130 Å². The number of benzene rings is 4. The van der Waals surface area contributed by atoms with Gasteiger partial charge in [0, 0.05) is 21.5 Å². The van der Waals surface area contributed by atoms with Gasteiger partial charge in [-0.2, -0.15) is 0 Å². The average molecular weight is 466 g/mol. The Labute approximate surface area is 207 Å². The third-order valence-electron chi connectivity index (χ3n) is 7.99. The highest BCUT2D eigenvalue weighted by molar-refractivity contribution is 5.94. The van der Waals surface area contributed by atoms with Gasteiger partial charge in [0.05, 0.1) is 7.05 Å². The van der Waals surface area contributed by atoms with Gasteiger partial charge in [0.15, 0.2) is 17.0 Å².